The maximum Gasteiger partial charge on any atom is 0.573 e. The molecular weight excluding hydrogens is 515 g/mol. The van der Waals surface area contributed by atoms with Crippen molar-refractivity contribution in [2.45, 2.75) is 25.8 Å². The fourth-order valence-corrected chi connectivity index (χ4v) is 3.99. The van der Waals surface area contributed by atoms with E-state index in [2.05, 4.69) is 20.0 Å². The van der Waals surface area contributed by atoms with Crippen LogP contribution >= 0.6 is 11.3 Å². The Balaban J connectivity index is 0.000000364. The van der Waals surface area contributed by atoms with Crippen molar-refractivity contribution in [1.82, 2.24) is 14.5 Å². The second kappa shape index (κ2) is 11.3. The first-order chi connectivity index (χ1) is 17.3. The molecule has 4 rings (SSSR count). The van der Waals surface area contributed by atoms with Crippen molar-refractivity contribution in [1.29, 1.82) is 0 Å². The predicted octanol–water partition coefficient (Wildman–Crippen LogP) is 4.26. The van der Waals surface area contributed by atoms with Gasteiger partial charge < -0.3 is 35.3 Å². The van der Waals surface area contributed by atoms with Gasteiger partial charge in [0.05, 0.1) is 45.6 Å². The van der Waals surface area contributed by atoms with Gasteiger partial charge in [0.25, 0.3) is 0 Å². The number of halogens is 3. The molecule has 0 saturated heterocycles. The van der Waals surface area contributed by atoms with Gasteiger partial charge in [-0.15, -0.1) is 13.2 Å². The topological polar surface area (TPSA) is 145 Å². The number of nitrogens with one attached hydrogen (secondary N) is 1. The number of aryl methyl sites for hydroxylation is 1. The number of carboxylic acids is 1. The minimum absolute atomic E-state index is 0.120. The number of aliphatic hydroxyl groups is 1. The molecule has 200 valence electrons. The minimum Gasteiger partial charge on any atom is -0.478 e. The molecule has 5 N–H and O–H groups in total. The lowest BCUT2D eigenvalue weighted by atomic mass is 10.2. The van der Waals surface area contributed by atoms with Gasteiger partial charge in [-0.2, -0.15) is 0 Å². The minimum atomic E-state index is -4.76. The molecule has 0 spiro atoms. The fourth-order valence-electron chi connectivity index (χ4n) is 3.10. The summed E-state index contributed by atoms with van der Waals surface area (Å²) in [6.45, 7) is 4.78. The maximum absolute atomic E-state index is 12.4. The second-order valence-electron chi connectivity index (χ2n) is 8.48. The summed E-state index contributed by atoms with van der Waals surface area (Å²) in [6, 6.07) is 8.49. The molecule has 0 unspecified atom stereocenters. The number of alkyl halides is 3. The maximum atomic E-state index is 12.4. The Hall–Kier alpha value is -3.46. The molecule has 0 saturated carbocycles. The molecule has 37 heavy (non-hydrogen) atoms. The second-order valence-corrected chi connectivity index (χ2v) is 9.51. The van der Waals surface area contributed by atoms with Crippen molar-refractivity contribution < 1.29 is 37.7 Å². The molecule has 0 aliphatic heterocycles. The molecule has 0 atom stereocenters. The van der Waals surface area contributed by atoms with Crippen molar-refractivity contribution in [3.05, 3.63) is 42.0 Å². The quantitative estimate of drug-likeness (QED) is 0.241. The standard InChI is InChI=1S/C17H11F3N4O3S.C6H15NO2/c1-24-12-5-2-8(14(25)26)6-11(12)21-15(24)23-16-22-10-4-3-9(7-13(10)28-16)27-17(18,19)20;1-6(2,8)5-9-4-3-7/h2-7H,1H3,(H,25,26)(H,21,22,23);8H,3-5,7H2,1-2H3. The average molecular weight is 542 g/mol. The van der Waals surface area contributed by atoms with Crippen molar-refractivity contribution in [3.8, 4) is 5.75 Å². The van der Waals surface area contributed by atoms with E-state index in [-0.39, 0.29) is 11.3 Å². The number of nitrogens with zero attached hydrogens (tertiary/aromatic N) is 3. The smallest absolute Gasteiger partial charge is 0.478 e. The van der Waals surface area contributed by atoms with Gasteiger partial charge in [0.15, 0.2) is 5.13 Å². The number of aromatic carboxylic acids is 1. The Morgan fingerprint density at radius 2 is 1.89 bits per heavy atom. The number of hydrogen-bond acceptors (Lipinski definition) is 9. The Morgan fingerprint density at radius 1 is 1.16 bits per heavy atom. The average Bonchev–Trinajstić information content (AvgIpc) is 3.32. The number of thiazole rings is 1. The third-order valence-electron chi connectivity index (χ3n) is 4.66. The SMILES string of the molecule is CC(C)(O)COCCN.Cn1c(Nc2nc3ccc(OC(F)(F)F)cc3s2)nc2cc(C(=O)O)ccc21. The van der Waals surface area contributed by atoms with Gasteiger partial charge in [0.2, 0.25) is 5.95 Å². The zero-order valence-corrected chi connectivity index (χ0v) is 21.0. The lowest BCUT2D eigenvalue weighted by Gasteiger charge is -2.16. The van der Waals surface area contributed by atoms with Gasteiger partial charge in [-0.25, -0.2) is 14.8 Å². The molecule has 0 bridgehead atoms. The first kappa shape index (κ1) is 28.1. The third kappa shape index (κ3) is 8.01. The highest BCUT2D eigenvalue weighted by Crippen LogP contribution is 2.33. The van der Waals surface area contributed by atoms with E-state index >= 15 is 0 Å². The number of imidazole rings is 1. The number of anilines is 2. The zero-order valence-electron chi connectivity index (χ0n) is 20.2. The molecule has 4 aromatic rings. The molecular formula is C23H26F3N5O5S. The monoisotopic (exact) mass is 541 g/mol. The Kier molecular flexibility index (Phi) is 8.58. The molecule has 0 amide bonds. The van der Waals surface area contributed by atoms with Crippen LogP contribution in [0.25, 0.3) is 21.3 Å². The van der Waals surface area contributed by atoms with Gasteiger partial charge in [0, 0.05) is 19.7 Å². The van der Waals surface area contributed by atoms with Crippen LogP contribution < -0.4 is 15.8 Å². The summed E-state index contributed by atoms with van der Waals surface area (Å²) in [5.74, 6) is -0.951. The van der Waals surface area contributed by atoms with Crippen LogP contribution in [0.15, 0.2) is 36.4 Å². The number of rotatable bonds is 8. The number of benzene rings is 2. The number of carboxylic acid groups (broad SMARTS) is 1. The van der Waals surface area contributed by atoms with Crippen LogP contribution in [0.1, 0.15) is 24.2 Å². The van der Waals surface area contributed by atoms with Gasteiger partial charge in [-0.1, -0.05) is 11.3 Å². The normalized spacial score (nSPS) is 11.9. The summed E-state index contributed by atoms with van der Waals surface area (Å²) >= 11 is 1.14. The van der Waals surface area contributed by atoms with Crippen LogP contribution in [-0.2, 0) is 11.8 Å². The van der Waals surface area contributed by atoms with E-state index in [1.165, 1.54) is 30.3 Å². The summed E-state index contributed by atoms with van der Waals surface area (Å²) in [4.78, 5) is 19.8. The van der Waals surface area contributed by atoms with Gasteiger partial charge in [-0.05, 0) is 44.2 Å². The van der Waals surface area contributed by atoms with Crippen LogP contribution in [0, 0.1) is 0 Å². The summed E-state index contributed by atoms with van der Waals surface area (Å²) in [5, 5.41) is 21.6. The highest BCUT2D eigenvalue weighted by Gasteiger charge is 2.31. The lowest BCUT2D eigenvalue weighted by molar-refractivity contribution is -0.274. The predicted molar refractivity (Wildman–Crippen MR) is 133 cm³/mol. The molecule has 14 heteroatoms. The first-order valence-corrected chi connectivity index (χ1v) is 11.7. The van der Waals surface area contributed by atoms with E-state index in [1.807, 2.05) is 0 Å². The summed E-state index contributed by atoms with van der Waals surface area (Å²) < 4.78 is 48.2. The molecule has 0 radical (unpaired) electrons. The van der Waals surface area contributed by atoms with Gasteiger partial charge in [-0.3, -0.25) is 0 Å². The molecule has 2 heterocycles. The van der Waals surface area contributed by atoms with Crippen molar-refractivity contribution >= 4 is 49.6 Å². The highest BCUT2D eigenvalue weighted by molar-refractivity contribution is 7.22. The fraction of sp³-hybridized carbons (Fsp3) is 0.348. The number of fused-ring (bicyclic) bond motifs is 2. The van der Waals surface area contributed by atoms with Crippen molar-refractivity contribution in [3.63, 3.8) is 0 Å². The number of ether oxygens (including phenoxy) is 2. The molecule has 10 nitrogen and oxygen atoms in total. The first-order valence-electron chi connectivity index (χ1n) is 10.9. The highest BCUT2D eigenvalue weighted by atomic mass is 32.1. The van der Waals surface area contributed by atoms with Crippen LogP contribution in [0.3, 0.4) is 0 Å². The number of carbonyl (C=O) groups is 1. The summed E-state index contributed by atoms with van der Waals surface area (Å²) in [6.07, 6.45) is -4.76. The van der Waals surface area contributed by atoms with E-state index in [0.717, 1.165) is 16.9 Å². The third-order valence-corrected chi connectivity index (χ3v) is 5.59. The lowest BCUT2D eigenvalue weighted by Crippen LogP contribution is -2.27. The Bertz CT molecular complexity index is 1380. The Labute approximate surface area is 213 Å². The van der Waals surface area contributed by atoms with E-state index in [0.29, 0.717) is 46.6 Å². The molecule has 0 fully saturated rings. The summed E-state index contributed by atoms with van der Waals surface area (Å²) in [7, 11) is 1.75. The summed E-state index contributed by atoms with van der Waals surface area (Å²) in [5.41, 5.74) is 6.26. The number of aromatic nitrogens is 3. The zero-order chi connectivity index (χ0) is 27.4. The van der Waals surface area contributed by atoms with E-state index in [9.17, 15) is 18.0 Å². The van der Waals surface area contributed by atoms with Crippen LogP contribution in [0.4, 0.5) is 24.3 Å². The van der Waals surface area contributed by atoms with Crippen LogP contribution in [0.5, 0.6) is 5.75 Å². The molecule has 2 aromatic carbocycles. The van der Waals surface area contributed by atoms with Gasteiger partial charge in [0.1, 0.15) is 5.75 Å². The molecule has 2 aromatic heterocycles. The Morgan fingerprint density at radius 3 is 2.51 bits per heavy atom. The van der Waals surface area contributed by atoms with Crippen molar-refractivity contribution in [2.75, 3.05) is 25.1 Å². The van der Waals surface area contributed by atoms with E-state index in [1.54, 1.807) is 31.5 Å². The van der Waals surface area contributed by atoms with E-state index < -0.39 is 17.9 Å². The number of nitrogens with two attached hydrogens (primary N) is 1. The van der Waals surface area contributed by atoms with Gasteiger partial charge >= 0.3 is 12.3 Å². The number of hydrogen-bond donors (Lipinski definition) is 4. The van der Waals surface area contributed by atoms with E-state index in [4.69, 9.17) is 20.7 Å². The van der Waals surface area contributed by atoms with Crippen LogP contribution in [-0.4, -0.2) is 62.4 Å². The molecule has 0 aliphatic carbocycles. The molecule has 0 aliphatic rings. The largest absolute Gasteiger partial charge is 0.573 e. The van der Waals surface area contributed by atoms with Crippen LogP contribution in [0.2, 0.25) is 0 Å². The van der Waals surface area contributed by atoms with Crippen molar-refractivity contribution in [2.24, 2.45) is 12.8 Å².